The van der Waals surface area contributed by atoms with E-state index >= 15 is 0 Å². The summed E-state index contributed by atoms with van der Waals surface area (Å²) in [4.78, 5) is 14.2. The Bertz CT molecular complexity index is 481. The van der Waals surface area contributed by atoms with E-state index in [0.29, 0.717) is 29.6 Å². The minimum atomic E-state index is -0.146. The number of ether oxygens (including phenoxy) is 1. The summed E-state index contributed by atoms with van der Waals surface area (Å²) >= 11 is 17.8. The summed E-state index contributed by atoms with van der Waals surface area (Å²) < 4.78 is 5.62. The molecule has 0 aliphatic carbocycles. The molecule has 3 nitrogen and oxygen atoms in total. The Morgan fingerprint density at radius 2 is 2.16 bits per heavy atom. The van der Waals surface area contributed by atoms with Crippen LogP contribution in [0, 0.1) is 0 Å². The van der Waals surface area contributed by atoms with Crippen LogP contribution < -0.4 is 0 Å². The van der Waals surface area contributed by atoms with Crippen LogP contribution in [-0.2, 0) is 4.74 Å². The van der Waals surface area contributed by atoms with Gasteiger partial charge in [0.05, 0.1) is 33.7 Å². The van der Waals surface area contributed by atoms with Crippen LogP contribution in [0.3, 0.4) is 0 Å². The van der Waals surface area contributed by atoms with Gasteiger partial charge in [0.25, 0.3) is 5.91 Å². The first kappa shape index (κ1) is 14.9. The fraction of sp³-hybridized carbons (Fsp3) is 0.462. The number of hydrogen-bond donors (Lipinski definition) is 0. The third-order valence-electron chi connectivity index (χ3n) is 2.97. The molecule has 19 heavy (non-hydrogen) atoms. The number of amides is 1. The summed E-state index contributed by atoms with van der Waals surface area (Å²) in [6.45, 7) is 2.91. The van der Waals surface area contributed by atoms with Crippen molar-refractivity contribution in [1.82, 2.24) is 4.90 Å². The van der Waals surface area contributed by atoms with Gasteiger partial charge in [0.15, 0.2) is 0 Å². The fourth-order valence-corrected chi connectivity index (χ4v) is 2.69. The molecule has 1 fully saturated rings. The lowest BCUT2D eigenvalue weighted by Gasteiger charge is -2.36. The number of nitrogens with zero attached hydrogens (tertiary/aromatic N) is 1. The van der Waals surface area contributed by atoms with Crippen molar-refractivity contribution in [2.75, 3.05) is 19.0 Å². The van der Waals surface area contributed by atoms with Gasteiger partial charge in [0.2, 0.25) is 0 Å². The topological polar surface area (TPSA) is 29.5 Å². The minimum absolute atomic E-state index is 0.0422. The van der Waals surface area contributed by atoms with Crippen molar-refractivity contribution in [3.05, 3.63) is 33.8 Å². The number of rotatable bonds is 2. The van der Waals surface area contributed by atoms with Crippen molar-refractivity contribution < 1.29 is 9.53 Å². The maximum absolute atomic E-state index is 12.5. The van der Waals surface area contributed by atoms with Gasteiger partial charge in [-0.1, -0.05) is 29.3 Å². The fourth-order valence-electron chi connectivity index (χ4n) is 2.14. The summed E-state index contributed by atoms with van der Waals surface area (Å²) in [6, 6.07) is 5.04. The maximum Gasteiger partial charge on any atom is 0.255 e. The first-order valence-electron chi connectivity index (χ1n) is 5.97. The standard InChI is InChI=1S/C13H14Cl3NO2/c1-8-6-17(7-9(5-14)19-8)13(18)10-3-2-4-11(15)12(10)16/h2-4,8-9H,5-7H2,1H3. The van der Waals surface area contributed by atoms with E-state index in [9.17, 15) is 4.79 Å². The Balaban J connectivity index is 2.21. The molecule has 2 rings (SSSR count). The molecule has 0 bridgehead atoms. The largest absolute Gasteiger partial charge is 0.370 e. The monoisotopic (exact) mass is 321 g/mol. The van der Waals surface area contributed by atoms with Crippen molar-refractivity contribution >= 4 is 40.7 Å². The molecule has 1 aliphatic heterocycles. The van der Waals surface area contributed by atoms with Gasteiger partial charge in [-0.2, -0.15) is 0 Å². The normalized spacial score (nSPS) is 23.5. The van der Waals surface area contributed by atoms with Crippen molar-refractivity contribution in [3.63, 3.8) is 0 Å². The van der Waals surface area contributed by atoms with Crippen LogP contribution >= 0.6 is 34.8 Å². The first-order valence-corrected chi connectivity index (χ1v) is 7.26. The zero-order chi connectivity index (χ0) is 14.0. The highest BCUT2D eigenvalue weighted by Crippen LogP contribution is 2.27. The van der Waals surface area contributed by atoms with Crippen LogP contribution in [0.1, 0.15) is 17.3 Å². The van der Waals surface area contributed by atoms with E-state index in [1.54, 1.807) is 23.1 Å². The molecule has 6 heteroatoms. The Morgan fingerprint density at radius 3 is 2.84 bits per heavy atom. The molecule has 104 valence electrons. The van der Waals surface area contributed by atoms with E-state index in [1.165, 1.54) is 0 Å². The predicted octanol–water partition coefficient (Wildman–Crippen LogP) is 3.46. The molecule has 0 spiro atoms. The Hall–Kier alpha value is -0.480. The Morgan fingerprint density at radius 1 is 1.42 bits per heavy atom. The Labute approximate surface area is 127 Å². The number of morpholine rings is 1. The third kappa shape index (κ3) is 3.34. The molecular formula is C13H14Cl3NO2. The quantitative estimate of drug-likeness (QED) is 0.780. The second-order valence-electron chi connectivity index (χ2n) is 4.53. The highest BCUT2D eigenvalue weighted by atomic mass is 35.5. The number of hydrogen-bond acceptors (Lipinski definition) is 2. The summed E-state index contributed by atoms with van der Waals surface area (Å²) in [5.41, 5.74) is 0.414. The summed E-state index contributed by atoms with van der Waals surface area (Å²) in [6.07, 6.45) is -0.188. The van der Waals surface area contributed by atoms with Crippen LogP contribution in [-0.4, -0.2) is 42.0 Å². The van der Waals surface area contributed by atoms with E-state index in [0.717, 1.165) is 0 Å². The second kappa shape index (κ2) is 6.31. The van der Waals surface area contributed by atoms with Gasteiger partial charge in [-0.25, -0.2) is 0 Å². The van der Waals surface area contributed by atoms with Crippen molar-refractivity contribution in [1.29, 1.82) is 0 Å². The second-order valence-corrected chi connectivity index (χ2v) is 5.63. The highest BCUT2D eigenvalue weighted by molar-refractivity contribution is 6.43. The molecule has 1 aromatic carbocycles. The number of halogens is 3. The maximum atomic E-state index is 12.5. The summed E-state index contributed by atoms with van der Waals surface area (Å²) in [5, 5.41) is 0.665. The minimum Gasteiger partial charge on any atom is -0.370 e. The lowest BCUT2D eigenvalue weighted by atomic mass is 10.1. The van der Waals surface area contributed by atoms with Crippen LogP contribution in [0.2, 0.25) is 10.0 Å². The average molecular weight is 323 g/mol. The molecular weight excluding hydrogens is 309 g/mol. The smallest absolute Gasteiger partial charge is 0.255 e. The van der Waals surface area contributed by atoms with Gasteiger partial charge in [-0.3, -0.25) is 4.79 Å². The molecule has 1 saturated heterocycles. The molecule has 0 aromatic heterocycles. The van der Waals surface area contributed by atoms with Crippen molar-refractivity contribution in [2.45, 2.75) is 19.1 Å². The molecule has 1 aliphatic rings. The molecule has 1 amide bonds. The number of carbonyl (C=O) groups is 1. The Kier molecular flexibility index (Phi) is 4.96. The van der Waals surface area contributed by atoms with Crippen molar-refractivity contribution in [3.8, 4) is 0 Å². The van der Waals surface area contributed by atoms with Crippen LogP contribution in [0.15, 0.2) is 18.2 Å². The van der Waals surface area contributed by atoms with Crippen LogP contribution in [0.5, 0.6) is 0 Å². The molecule has 1 heterocycles. The number of alkyl halides is 1. The molecule has 1 aromatic rings. The van der Waals surface area contributed by atoms with Gasteiger partial charge in [0.1, 0.15) is 0 Å². The highest BCUT2D eigenvalue weighted by Gasteiger charge is 2.29. The lowest BCUT2D eigenvalue weighted by molar-refractivity contribution is -0.0570. The average Bonchev–Trinajstić information content (AvgIpc) is 2.40. The molecule has 2 unspecified atom stereocenters. The van der Waals surface area contributed by atoms with E-state index in [1.807, 2.05) is 6.92 Å². The van der Waals surface area contributed by atoms with E-state index in [-0.39, 0.29) is 23.1 Å². The van der Waals surface area contributed by atoms with E-state index in [4.69, 9.17) is 39.5 Å². The van der Waals surface area contributed by atoms with Gasteiger partial charge in [0, 0.05) is 13.1 Å². The third-order valence-corrected chi connectivity index (χ3v) is 4.13. The zero-order valence-corrected chi connectivity index (χ0v) is 12.7. The molecule has 2 atom stereocenters. The van der Waals surface area contributed by atoms with Gasteiger partial charge in [-0.15, -0.1) is 11.6 Å². The van der Waals surface area contributed by atoms with Crippen LogP contribution in [0.4, 0.5) is 0 Å². The number of carbonyl (C=O) groups excluding carboxylic acids is 1. The van der Waals surface area contributed by atoms with Crippen molar-refractivity contribution in [2.24, 2.45) is 0 Å². The summed E-state index contributed by atoms with van der Waals surface area (Å²) in [5.74, 6) is 0.218. The van der Waals surface area contributed by atoms with Gasteiger partial charge in [-0.05, 0) is 19.1 Å². The lowest BCUT2D eigenvalue weighted by Crippen LogP contribution is -2.49. The van der Waals surface area contributed by atoms with Gasteiger partial charge < -0.3 is 9.64 Å². The van der Waals surface area contributed by atoms with Gasteiger partial charge >= 0.3 is 0 Å². The number of benzene rings is 1. The zero-order valence-electron chi connectivity index (χ0n) is 10.4. The van der Waals surface area contributed by atoms with Crippen LogP contribution in [0.25, 0.3) is 0 Å². The predicted molar refractivity (Wildman–Crippen MR) is 77.4 cm³/mol. The molecule has 0 radical (unpaired) electrons. The van der Waals surface area contributed by atoms with E-state index < -0.39 is 0 Å². The summed E-state index contributed by atoms with van der Waals surface area (Å²) in [7, 11) is 0. The molecule has 0 saturated carbocycles. The molecule has 0 N–H and O–H groups in total. The SMILES string of the molecule is CC1CN(C(=O)c2cccc(Cl)c2Cl)CC(CCl)O1. The first-order chi connectivity index (χ1) is 9.02. The van der Waals surface area contributed by atoms with E-state index in [2.05, 4.69) is 0 Å².